The molecule has 28 heavy (non-hydrogen) atoms. The Hall–Kier alpha value is -1.96. The van der Waals surface area contributed by atoms with Gasteiger partial charge in [-0.25, -0.2) is 4.98 Å². The van der Waals surface area contributed by atoms with Gasteiger partial charge in [0.05, 0.1) is 17.4 Å². The van der Waals surface area contributed by atoms with Crippen molar-refractivity contribution in [3.63, 3.8) is 0 Å². The highest BCUT2D eigenvalue weighted by Crippen LogP contribution is 2.12. The number of hydrogen-bond donors (Lipinski definition) is 2. The van der Waals surface area contributed by atoms with Crippen molar-refractivity contribution in [1.82, 2.24) is 25.1 Å². The van der Waals surface area contributed by atoms with E-state index in [4.69, 9.17) is 0 Å². The quantitative estimate of drug-likeness (QED) is 0.731. The Balaban J connectivity index is 0.00000280. The molecule has 0 radical (unpaired) electrons. The number of hydrogen-bond acceptors (Lipinski definition) is 5. The van der Waals surface area contributed by atoms with Crippen LogP contribution in [0.25, 0.3) is 10.9 Å². The van der Waals surface area contributed by atoms with Crippen LogP contribution in [0, 0.1) is 0 Å². The topological polar surface area (TPSA) is 81.3 Å². The van der Waals surface area contributed by atoms with Crippen LogP contribution in [-0.2, 0) is 11.3 Å². The van der Waals surface area contributed by atoms with E-state index in [0.29, 0.717) is 42.3 Å². The average molecular weight is 408 g/mol. The molecular formula is C20H30ClN5O2. The molecule has 1 aliphatic heterocycles. The minimum absolute atomic E-state index is 0. The number of carbonyl (C=O) groups is 1. The molecule has 1 atom stereocenters. The predicted molar refractivity (Wildman–Crippen MR) is 114 cm³/mol. The number of H-pyrrole nitrogens is 1. The van der Waals surface area contributed by atoms with Gasteiger partial charge in [-0.2, -0.15) is 0 Å². The molecule has 2 N–H and O–H groups in total. The van der Waals surface area contributed by atoms with Crippen molar-refractivity contribution in [2.75, 3.05) is 32.7 Å². The maximum absolute atomic E-state index is 12.5. The van der Waals surface area contributed by atoms with Crippen LogP contribution in [0.1, 0.15) is 32.5 Å². The van der Waals surface area contributed by atoms with Gasteiger partial charge in [-0.05, 0) is 25.5 Å². The van der Waals surface area contributed by atoms with Gasteiger partial charge in [0.25, 0.3) is 5.56 Å². The molecule has 2 aromatic rings. The summed E-state index contributed by atoms with van der Waals surface area (Å²) in [6, 6.07) is 7.67. The van der Waals surface area contributed by atoms with Crippen molar-refractivity contribution < 1.29 is 4.79 Å². The molecule has 3 rings (SSSR count). The fourth-order valence-corrected chi connectivity index (χ4v) is 3.43. The van der Waals surface area contributed by atoms with Crippen molar-refractivity contribution in [1.29, 1.82) is 0 Å². The summed E-state index contributed by atoms with van der Waals surface area (Å²) >= 11 is 0. The average Bonchev–Trinajstić information content (AvgIpc) is 2.71. The summed E-state index contributed by atoms with van der Waals surface area (Å²) < 4.78 is 0. The van der Waals surface area contributed by atoms with Crippen LogP contribution < -0.4 is 10.9 Å². The fraction of sp³-hybridized carbons (Fsp3) is 0.550. The maximum atomic E-state index is 12.5. The second-order valence-electron chi connectivity index (χ2n) is 7.14. The number of fused-ring (bicyclic) bond motifs is 1. The molecule has 8 heteroatoms. The summed E-state index contributed by atoms with van der Waals surface area (Å²) in [5.41, 5.74) is 0.592. The smallest absolute Gasteiger partial charge is 0.258 e. The molecule has 1 unspecified atom stereocenters. The van der Waals surface area contributed by atoms with Crippen LogP contribution in [0.15, 0.2) is 29.1 Å². The molecule has 1 aliphatic rings. The molecule has 0 bridgehead atoms. The van der Waals surface area contributed by atoms with Gasteiger partial charge in [-0.3, -0.25) is 14.5 Å². The summed E-state index contributed by atoms with van der Waals surface area (Å²) in [5, 5.41) is 3.87. The number of nitrogens with zero attached hydrogens (tertiary/aromatic N) is 3. The molecule has 1 aromatic carbocycles. The Labute approximate surface area is 171 Å². The number of nitrogens with one attached hydrogen (secondary N) is 2. The first kappa shape index (κ1) is 22.3. The van der Waals surface area contributed by atoms with E-state index < -0.39 is 0 Å². The largest absolute Gasteiger partial charge is 0.340 e. The maximum Gasteiger partial charge on any atom is 0.258 e. The summed E-state index contributed by atoms with van der Waals surface area (Å²) in [4.78, 5) is 36.5. The van der Waals surface area contributed by atoms with E-state index in [2.05, 4.69) is 34.0 Å². The summed E-state index contributed by atoms with van der Waals surface area (Å²) in [6.07, 6.45) is 1.46. The SMILES string of the molecule is CCC(C)N(CCC(=O)N1CCNCC1)Cc1nc2ccccc2c(=O)[nH]1.Cl. The van der Waals surface area contributed by atoms with E-state index in [9.17, 15) is 9.59 Å². The monoisotopic (exact) mass is 407 g/mol. The van der Waals surface area contributed by atoms with E-state index in [1.165, 1.54) is 0 Å². The van der Waals surface area contributed by atoms with Crippen LogP contribution in [-0.4, -0.2) is 64.4 Å². The molecule has 2 heterocycles. The number of aromatic amines is 1. The Morgan fingerprint density at radius 3 is 2.71 bits per heavy atom. The molecular weight excluding hydrogens is 378 g/mol. The summed E-state index contributed by atoms with van der Waals surface area (Å²) in [6.45, 7) is 8.76. The zero-order chi connectivity index (χ0) is 19.2. The highest BCUT2D eigenvalue weighted by atomic mass is 35.5. The first-order valence-corrected chi connectivity index (χ1v) is 9.79. The standard InChI is InChI=1S/C20H29N5O2.ClH/c1-3-15(2)25(11-8-19(26)24-12-9-21-10-13-24)14-18-22-17-7-5-4-6-16(17)20(27)23-18;/h4-7,15,21H,3,8-14H2,1-2H3,(H,22,23,27);1H. The van der Waals surface area contributed by atoms with Gasteiger partial charge in [0.15, 0.2) is 0 Å². The van der Waals surface area contributed by atoms with Crippen molar-refractivity contribution in [2.45, 2.75) is 39.3 Å². The Kier molecular flexibility index (Phi) is 8.41. The molecule has 154 valence electrons. The van der Waals surface area contributed by atoms with Gasteiger partial charge in [-0.1, -0.05) is 19.1 Å². The first-order valence-electron chi connectivity index (χ1n) is 9.79. The van der Waals surface area contributed by atoms with Gasteiger partial charge in [0.1, 0.15) is 5.82 Å². The minimum Gasteiger partial charge on any atom is -0.340 e. The van der Waals surface area contributed by atoms with Gasteiger partial charge in [-0.15, -0.1) is 12.4 Å². The van der Waals surface area contributed by atoms with Crippen molar-refractivity contribution >= 4 is 29.2 Å². The Bertz CT molecular complexity index is 835. The third-order valence-electron chi connectivity index (χ3n) is 5.31. The lowest BCUT2D eigenvalue weighted by atomic mass is 10.2. The van der Waals surface area contributed by atoms with E-state index in [1.54, 1.807) is 6.07 Å². The minimum atomic E-state index is -0.114. The van der Waals surface area contributed by atoms with Crippen LogP contribution in [0.5, 0.6) is 0 Å². The number of aromatic nitrogens is 2. The molecule has 1 saturated heterocycles. The molecule has 0 aliphatic carbocycles. The zero-order valence-electron chi connectivity index (χ0n) is 16.6. The van der Waals surface area contributed by atoms with E-state index >= 15 is 0 Å². The van der Waals surface area contributed by atoms with Crippen molar-refractivity contribution in [3.8, 4) is 0 Å². The number of benzene rings is 1. The number of halogens is 1. The van der Waals surface area contributed by atoms with Crippen molar-refractivity contribution in [3.05, 3.63) is 40.4 Å². The van der Waals surface area contributed by atoms with Gasteiger partial charge in [0, 0.05) is 45.2 Å². The highest BCUT2D eigenvalue weighted by molar-refractivity contribution is 5.85. The third-order valence-corrected chi connectivity index (χ3v) is 5.31. The van der Waals surface area contributed by atoms with E-state index in [0.717, 1.165) is 32.6 Å². The summed E-state index contributed by atoms with van der Waals surface area (Å²) in [7, 11) is 0. The van der Waals surface area contributed by atoms with Crippen LogP contribution in [0.2, 0.25) is 0 Å². The molecule has 0 spiro atoms. The fourth-order valence-electron chi connectivity index (χ4n) is 3.43. The van der Waals surface area contributed by atoms with E-state index in [1.807, 2.05) is 23.1 Å². The number of carbonyl (C=O) groups excluding carboxylic acids is 1. The number of piperazine rings is 1. The van der Waals surface area contributed by atoms with Crippen LogP contribution in [0.4, 0.5) is 0 Å². The summed E-state index contributed by atoms with van der Waals surface area (Å²) in [5.74, 6) is 0.846. The normalized spacial score (nSPS) is 15.5. The molecule has 1 fully saturated rings. The lowest BCUT2D eigenvalue weighted by molar-refractivity contribution is -0.132. The third kappa shape index (κ3) is 5.53. The molecule has 1 aromatic heterocycles. The molecule has 1 amide bonds. The number of amides is 1. The van der Waals surface area contributed by atoms with Gasteiger partial charge in [0.2, 0.25) is 5.91 Å². The Morgan fingerprint density at radius 1 is 1.29 bits per heavy atom. The van der Waals surface area contributed by atoms with Gasteiger partial charge >= 0.3 is 0 Å². The molecule has 7 nitrogen and oxygen atoms in total. The van der Waals surface area contributed by atoms with Gasteiger partial charge < -0.3 is 15.2 Å². The zero-order valence-corrected chi connectivity index (χ0v) is 17.4. The lowest BCUT2D eigenvalue weighted by Crippen LogP contribution is -2.47. The van der Waals surface area contributed by atoms with Crippen LogP contribution in [0.3, 0.4) is 0 Å². The second kappa shape index (κ2) is 10.5. The lowest BCUT2D eigenvalue weighted by Gasteiger charge is -2.31. The second-order valence-corrected chi connectivity index (χ2v) is 7.14. The highest BCUT2D eigenvalue weighted by Gasteiger charge is 2.20. The number of para-hydroxylation sites is 1. The van der Waals surface area contributed by atoms with Crippen molar-refractivity contribution in [2.24, 2.45) is 0 Å². The Morgan fingerprint density at radius 2 is 2.00 bits per heavy atom. The van der Waals surface area contributed by atoms with Crippen LogP contribution >= 0.6 is 12.4 Å². The number of rotatable bonds is 7. The first-order chi connectivity index (χ1) is 13.1. The molecule has 0 saturated carbocycles. The predicted octanol–water partition coefficient (Wildman–Crippen LogP) is 1.77. The van der Waals surface area contributed by atoms with E-state index in [-0.39, 0.29) is 23.9 Å².